The summed E-state index contributed by atoms with van der Waals surface area (Å²) in [7, 11) is 1.62. The van der Waals surface area contributed by atoms with Crippen molar-refractivity contribution in [1.29, 1.82) is 0 Å². The number of oxazole rings is 1. The maximum absolute atomic E-state index is 6.03. The summed E-state index contributed by atoms with van der Waals surface area (Å²) in [6.07, 6.45) is 1.01. The van der Waals surface area contributed by atoms with Crippen molar-refractivity contribution in [3.63, 3.8) is 0 Å². The Morgan fingerprint density at radius 3 is 2.50 bits per heavy atom. The second-order valence-corrected chi connectivity index (χ2v) is 7.03. The Bertz CT molecular complexity index is 1070. The monoisotopic (exact) mass is 393 g/mol. The number of ether oxygens (including phenoxy) is 1. The van der Waals surface area contributed by atoms with E-state index in [0.29, 0.717) is 21.7 Å². The van der Waals surface area contributed by atoms with Crippen molar-refractivity contribution in [2.45, 2.75) is 13.3 Å². The first kappa shape index (κ1) is 18.0. The van der Waals surface area contributed by atoms with Gasteiger partial charge in [0.1, 0.15) is 5.75 Å². The Hall–Kier alpha value is -3.39. The molecule has 0 aliphatic rings. The van der Waals surface area contributed by atoms with Crippen LogP contribution in [0.5, 0.6) is 5.75 Å². The van der Waals surface area contributed by atoms with Crippen LogP contribution in [0.25, 0.3) is 22.2 Å². The number of nitrogens with zero attached hydrogens (tertiary/aromatic N) is 3. The second kappa shape index (κ2) is 7.69. The van der Waals surface area contributed by atoms with Crippen LogP contribution in [0.3, 0.4) is 0 Å². The number of nitrogen functional groups attached to an aromatic ring is 1. The molecule has 4 aromatic rings. The van der Waals surface area contributed by atoms with Crippen LogP contribution < -0.4 is 15.8 Å². The highest BCUT2D eigenvalue weighted by Crippen LogP contribution is 2.34. The van der Waals surface area contributed by atoms with E-state index in [9.17, 15) is 0 Å². The number of hydrogen-bond donors (Lipinski definition) is 2. The van der Waals surface area contributed by atoms with Gasteiger partial charge in [0.05, 0.1) is 7.11 Å². The van der Waals surface area contributed by atoms with E-state index in [4.69, 9.17) is 14.9 Å². The van der Waals surface area contributed by atoms with Crippen LogP contribution in [0.1, 0.15) is 12.5 Å². The van der Waals surface area contributed by atoms with Gasteiger partial charge in [0.25, 0.3) is 0 Å². The Morgan fingerprint density at radius 1 is 1.07 bits per heavy atom. The fourth-order valence-corrected chi connectivity index (χ4v) is 3.42. The lowest BCUT2D eigenvalue weighted by Crippen LogP contribution is -1.89. The molecular weight excluding hydrogens is 374 g/mol. The number of anilines is 3. The molecule has 0 saturated carbocycles. The molecule has 28 heavy (non-hydrogen) atoms. The van der Waals surface area contributed by atoms with E-state index in [1.165, 1.54) is 16.9 Å². The number of hydrogen-bond acceptors (Lipinski definition) is 8. The van der Waals surface area contributed by atoms with Crippen molar-refractivity contribution in [3.05, 3.63) is 54.1 Å². The van der Waals surface area contributed by atoms with Crippen LogP contribution in [-0.2, 0) is 6.42 Å². The Labute approximate surface area is 166 Å². The van der Waals surface area contributed by atoms with Gasteiger partial charge in [-0.3, -0.25) is 0 Å². The van der Waals surface area contributed by atoms with Crippen molar-refractivity contribution >= 4 is 28.0 Å². The highest BCUT2D eigenvalue weighted by molar-refractivity contribution is 7.18. The van der Waals surface area contributed by atoms with E-state index in [0.717, 1.165) is 23.4 Å². The third-order valence-electron chi connectivity index (χ3n) is 4.23. The normalized spacial score (nSPS) is 10.8. The first-order chi connectivity index (χ1) is 13.7. The van der Waals surface area contributed by atoms with E-state index in [-0.39, 0.29) is 5.88 Å². The van der Waals surface area contributed by atoms with Crippen molar-refractivity contribution in [2.75, 3.05) is 18.2 Å². The summed E-state index contributed by atoms with van der Waals surface area (Å²) in [4.78, 5) is 4.50. The number of aromatic nitrogens is 3. The minimum atomic E-state index is 0.209. The molecule has 0 bridgehead atoms. The van der Waals surface area contributed by atoms with Crippen LogP contribution in [0, 0.1) is 0 Å². The van der Waals surface area contributed by atoms with E-state index in [1.54, 1.807) is 7.11 Å². The maximum atomic E-state index is 6.03. The van der Waals surface area contributed by atoms with Crippen LogP contribution in [0.4, 0.5) is 16.7 Å². The van der Waals surface area contributed by atoms with Gasteiger partial charge in [0.15, 0.2) is 10.7 Å². The van der Waals surface area contributed by atoms with Gasteiger partial charge in [0, 0.05) is 11.3 Å². The summed E-state index contributed by atoms with van der Waals surface area (Å²) in [6, 6.07) is 15.6. The van der Waals surface area contributed by atoms with Gasteiger partial charge < -0.3 is 20.2 Å². The predicted octanol–water partition coefficient (Wildman–Crippen LogP) is 4.76. The summed E-state index contributed by atoms with van der Waals surface area (Å²) in [5, 5.41) is 12.9. The average molecular weight is 393 g/mol. The van der Waals surface area contributed by atoms with Crippen molar-refractivity contribution < 1.29 is 9.15 Å². The molecule has 0 amide bonds. The fourth-order valence-electron chi connectivity index (χ4n) is 2.66. The molecule has 2 aromatic carbocycles. The molecule has 142 valence electrons. The Balaban J connectivity index is 1.55. The molecule has 8 heteroatoms. The lowest BCUT2D eigenvalue weighted by Gasteiger charge is -2.02. The lowest BCUT2D eigenvalue weighted by atomic mass is 10.1. The van der Waals surface area contributed by atoms with Gasteiger partial charge in [-0.1, -0.05) is 30.4 Å². The first-order valence-corrected chi connectivity index (χ1v) is 9.58. The topological polar surface area (TPSA) is 99.1 Å². The quantitative estimate of drug-likeness (QED) is 0.487. The zero-order chi connectivity index (χ0) is 19.5. The van der Waals surface area contributed by atoms with Crippen molar-refractivity contribution in [2.24, 2.45) is 0 Å². The van der Waals surface area contributed by atoms with Gasteiger partial charge in [-0.2, -0.15) is 0 Å². The smallest absolute Gasteiger partial charge is 0.229 e. The van der Waals surface area contributed by atoms with E-state index in [1.807, 2.05) is 36.4 Å². The van der Waals surface area contributed by atoms with Crippen LogP contribution in [0.15, 0.2) is 52.9 Å². The van der Waals surface area contributed by atoms with E-state index >= 15 is 0 Å². The summed E-state index contributed by atoms with van der Waals surface area (Å²) >= 11 is 1.36. The van der Waals surface area contributed by atoms with Crippen LogP contribution in [-0.4, -0.2) is 22.3 Å². The number of nitrogens with two attached hydrogens (primary N) is 1. The summed E-state index contributed by atoms with van der Waals surface area (Å²) in [5.74, 6) is 1.39. The highest BCUT2D eigenvalue weighted by Gasteiger charge is 2.18. The van der Waals surface area contributed by atoms with Gasteiger partial charge >= 0.3 is 0 Å². The number of aryl methyl sites for hydroxylation is 1. The number of methoxy groups -OCH3 is 1. The third-order valence-corrected chi connectivity index (χ3v) is 5.08. The Morgan fingerprint density at radius 2 is 1.82 bits per heavy atom. The molecule has 2 heterocycles. The lowest BCUT2D eigenvalue weighted by molar-refractivity contribution is 0.415. The molecule has 3 N–H and O–H groups in total. The van der Waals surface area contributed by atoms with E-state index in [2.05, 4.69) is 39.6 Å². The zero-order valence-electron chi connectivity index (χ0n) is 15.5. The predicted molar refractivity (Wildman–Crippen MR) is 111 cm³/mol. The Kier molecular flexibility index (Phi) is 4.94. The number of nitrogens with one attached hydrogen (secondary N) is 1. The molecule has 0 aliphatic carbocycles. The summed E-state index contributed by atoms with van der Waals surface area (Å²) in [5.41, 5.74) is 9.55. The average Bonchev–Trinajstić information content (AvgIpc) is 3.35. The molecule has 0 unspecified atom stereocenters. The van der Waals surface area contributed by atoms with Crippen molar-refractivity contribution in [1.82, 2.24) is 15.2 Å². The molecule has 0 fully saturated rings. The minimum absolute atomic E-state index is 0.209. The number of rotatable bonds is 6. The molecule has 0 aliphatic heterocycles. The van der Waals surface area contributed by atoms with Gasteiger partial charge in [-0.05, 0) is 48.4 Å². The minimum Gasteiger partial charge on any atom is -0.497 e. The largest absolute Gasteiger partial charge is 0.497 e. The molecule has 0 spiro atoms. The molecule has 7 nitrogen and oxygen atoms in total. The standard InChI is InChI=1S/C20H19N5O2S/c1-3-12-4-8-14(9-5-12)22-20-25-24-19(28-20)16-17(21)27-18(23-16)13-6-10-15(26-2)11-7-13/h4-11H,3,21H2,1-2H3,(H,22,25). The molecule has 4 rings (SSSR count). The van der Waals surface area contributed by atoms with Gasteiger partial charge in [0.2, 0.25) is 16.9 Å². The maximum Gasteiger partial charge on any atom is 0.229 e. The van der Waals surface area contributed by atoms with Crippen LogP contribution >= 0.6 is 11.3 Å². The zero-order valence-corrected chi connectivity index (χ0v) is 16.3. The SMILES string of the molecule is CCc1ccc(Nc2nnc(-c3nc(-c4ccc(OC)cc4)oc3N)s2)cc1. The van der Waals surface area contributed by atoms with Gasteiger partial charge in [-0.15, -0.1) is 10.2 Å². The number of benzene rings is 2. The molecular formula is C20H19N5O2S. The van der Waals surface area contributed by atoms with Crippen molar-refractivity contribution in [3.8, 4) is 27.9 Å². The third kappa shape index (κ3) is 3.67. The highest BCUT2D eigenvalue weighted by atomic mass is 32.1. The molecule has 0 atom stereocenters. The van der Waals surface area contributed by atoms with Gasteiger partial charge in [-0.25, -0.2) is 4.98 Å². The first-order valence-electron chi connectivity index (χ1n) is 8.77. The fraction of sp³-hybridized carbons (Fsp3) is 0.150. The molecule has 0 radical (unpaired) electrons. The molecule has 0 saturated heterocycles. The second-order valence-electron chi connectivity index (χ2n) is 6.05. The summed E-state index contributed by atoms with van der Waals surface area (Å²) in [6.45, 7) is 2.13. The molecule has 2 aromatic heterocycles. The van der Waals surface area contributed by atoms with Crippen LogP contribution in [0.2, 0.25) is 0 Å². The van der Waals surface area contributed by atoms with E-state index < -0.39 is 0 Å². The summed E-state index contributed by atoms with van der Waals surface area (Å²) < 4.78 is 10.8.